The fourth-order valence-corrected chi connectivity index (χ4v) is 1.96. The molecule has 0 spiro atoms. The van der Waals surface area contributed by atoms with Crippen LogP contribution < -0.4 is 17.2 Å². The number of carbonyl (C=O) groups excluding carboxylic acids is 1. The van der Waals surface area contributed by atoms with Gasteiger partial charge >= 0.3 is 5.76 Å². The van der Waals surface area contributed by atoms with E-state index in [1.165, 1.54) is 0 Å². The highest BCUT2D eigenvalue weighted by Crippen LogP contribution is 2.29. The quantitative estimate of drug-likeness (QED) is 0.763. The Morgan fingerprint density at radius 2 is 2.16 bits per heavy atom. The molecule has 0 saturated carbocycles. The highest BCUT2D eigenvalue weighted by atomic mass is 16.4. The van der Waals surface area contributed by atoms with Crippen molar-refractivity contribution in [3.8, 4) is 0 Å². The minimum Gasteiger partial charge on any atom is -0.408 e. The minimum absolute atomic E-state index is 0.355. The normalized spacial score (nSPS) is 13.6. The number of aromatic amines is 1. The summed E-state index contributed by atoms with van der Waals surface area (Å²) < 4.78 is 4.98. The molecular formula is C13H17N3O3. The van der Waals surface area contributed by atoms with Crippen molar-refractivity contribution in [3.63, 3.8) is 0 Å². The van der Waals surface area contributed by atoms with Crippen LogP contribution in [-0.2, 0) is 4.79 Å². The van der Waals surface area contributed by atoms with Crippen molar-refractivity contribution in [3.05, 3.63) is 34.3 Å². The van der Waals surface area contributed by atoms with Crippen molar-refractivity contribution in [2.75, 3.05) is 0 Å². The van der Waals surface area contributed by atoms with Gasteiger partial charge in [-0.1, -0.05) is 19.9 Å². The summed E-state index contributed by atoms with van der Waals surface area (Å²) in [7, 11) is 0. The van der Waals surface area contributed by atoms with E-state index in [9.17, 15) is 9.59 Å². The second-order valence-electron chi connectivity index (χ2n) is 5.33. The van der Waals surface area contributed by atoms with Crippen LogP contribution in [0.2, 0.25) is 0 Å². The molecular weight excluding hydrogens is 246 g/mol. The summed E-state index contributed by atoms with van der Waals surface area (Å²) in [5.41, 5.74) is 12.6. The third-order valence-corrected chi connectivity index (χ3v) is 3.27. The molecule has 0 saturated heterocycles. The summed E-state index contributed by atoms with van der Waals surface area (Å²) in [5, 5.41) is 0. The van der Waals surface area contributed by atoms with Gasteiger partial charge in [-0.25, -0.2) is 4.79 Å². The Morgan fingerprint density at radius 1 is 1.47 bits per heavy atom. The van der Waals surface area contributed by atoms with E-state index in [4.69, 9.17) is 15.9 Å². The lowest BCUT2D eigenvalue weighted by Crippen LogP contribution is -2.34. The van der Waals surface area contributed by atoms with Crippen LogP contribution in [0.5, 0.6) is 0 Å². The van der Waals surface area contributed by atoms with E-state index >= 15 is 0 Å². The molecule has 6 nitrogen and oxygen atoms in total. The van der Waals surface area contributed by atoms with Crippen molar-refractivity contribution < 1.29 is 9.21 Å². The highest BCUT2D eigenvalue weighted by molar-refractivity contribution is 5.80. The van der Waals surface area contributed by atoms with Gasteiger partial charge in [0.15, 0.2) is 5.58 Å². The zero-order valence-electron chi connectivity index (χ0n) is 10.9. The largest absolute Gasteiger partial charge is 0.417 e. The first-order chi connectivity index (χ1) is 8.79. The van der Waals surface area contributed by atoms with Crippen LogP contribution in [0.15, 0.2) is 27.4 Å². The number of carbonyl (C=O) groups is 1. The maximum atomic E-state index is 11.3. The van der Waals surface area contributed by atoms with Gasteiger partial charge in [0, 0.05) is 11.5 Å². The Morgan fingerprint density at radius 3 is 2.79 bits per heavy atom. The molecule has 1 heterocycles. The monoisotopic (exact) mass is 263 g/mol. The lowest BCUT2D eigenvalue weighted by Gasteiger charge is -2.24. The van der Waals surface area contributed by atoms with E-state index in [-0.39, 0.29) is 6.04 Å². The maximum absolute atomic E-state index is 11.3. The van der Waals surface area contributed by atoms with Crippen LogP contribution in [0.25, 0.3) is 11.1 Å². The van der Waals surface area contributed by atoms with Crippen LogP contribution in [0.1, 0.15) is 31.9 Å². The van der Waals surface area contributed by atoms with Gasteiger partial charge in [0.2, 0.25) is 5.91 Å². The van der Waals surface area contributed by atoms with Gasteiger partial charge < -0.3 is 15.9 Å². The van der Waals surface area contributed by atoms with Gasteiger partial charge in [0.05, 0.1) is 5.52 Å². The number of H-pyrrole nitrogens is 1. The van der Waals surface area contributed by atoms with Gasteiger partial charge in [-0.2, -0.15) is 0 Å². The lowest BCUT2D eigenvalue weighted by atomic mass is 9.83. The Kier molecular flexibility index (Phi) is 3.20. The van der Waals surface area contributed by atoms with Gasteiger partial charge in [-0.05, 0) is 24.1 Å². The number of amides is 1. The first-order valence-corrected chi connectivity index (χ1v) is 5.98. The molecule has 1 unspecified atom stereocenters. The van der Waals surface area contributed by atoms with Gasteiger partial charge in [0.25, 0.3) is 0 Å². The molecule has 102 valence electrons. The van der Waals surface area contributed by atoms with Crippen LogP contribution in [0.4, 0.5) is 0 Å². The van der Waals surface area contributed by atoms with Gasteiger partial charge in [-0.15, -0.1) is 0 Å². The first kappa shape index (κ1) is 13.4. The van der Waals surface area contributed by atoms with Crippen LogP contribution in [0.3, 0.4) is 0 Å². The smallest absolute Gasteiger partial charge is 0.408 e. The van der Waals surface area contributed by atoms with Crippen molar-refractivity contribution in [1.29, 1.82) is 0 Å². The van der Waals surface area contributed by atoms with E-state index in [0.717, 1.165) is 5.56 Å². The molecule has 5 N–H and O–H groups in total. The Bertz CT molecular complexity index is 669. The Balaban J connectivity index is 2.28. The topological polar surface area (TPSA) is 115 Å². The van der Waals surface area contributed by atoms with Crippen LogP contribution in [-0.4, -0.2) is 10.9 Å². The SMILES string of the molecule is CC(C)(CC(N)c1ccc2[nH]c(=O)oc2c1)C(N)=O. The Hall–Kier alpha value is -2.08. The predicted molar refractivity (Wildman–Crippen MR) is 71.4 cm³/mol. The highest BCUT2D eigenvalue weighted by Gasteiger charge is 2.28. The lowest BCUT2D eigenvalue weighted by molar-refractivity contribution is -0.126. The molecule has 2 aromatic rings. The number of benzene rings is 1. The third kappa shape index (κ3) is 2.68. The number of hydrogen-bond donors (Lipinski definition) is 3. The average molecular weight is 263 g/mol. The van der Waals surface area contributed by atoms with E-state index in [1.807, 2.05) is 0 Å². The Labute approximate surface area is 109 Å². The second-order valence-corrected chi connectivity index (χ2v) is 5.33. The molecule has 19 heavy (non-hydrogen) atoms. The summed E-state index contributed by atoms with van der Waals surface area (Å²) in [5.74, 6) is -0.893. The van der Waals surface area contributed by atoms with E-state index < -0.39 is 17.1 Å². The van der Waals surface area contributed by atoms with E-state index in [2.05, 4.69) is 4.98 Å². The van der Waals surface area contributed by atoms with Gasteiger partial charge in [0.1, 0.15) is 0 Å². The van der Waals surface area contributed by atoms with Crippen molar-refractivity contribution >= 4 is 17.0 Å². The molecule has 0 radical (unpaired) electrons. The minimum atomic E-state index is -0.687. The molecule has 0 aliphatic heterocycles. The summed E-state index contributed by atoms with van der Waals surface area (Å²) in [6.07, 6.45) is 0.419. The molecule has 2 rings (SSSR count). The standard InChI is InChI=1S/C13H17N3O3/c1-13(2,11(15)17)6-8(14)7-3-4-9-10(5-7)19-12(18)16-9/h3-5,8H,6,14H2,1-2H3,(H2,15,17)(H,16,18). The molecule has 0 aliphatic carbocycles. The molecule has 1 aromatic carbocycles. The van der Waals surface area contributed by atoms with Crippen LogP contribution in [0, 0.1) is 5.41 Å². The molecule has 0 bridgehead atoms. The maximum Gasteiger partial charge on any atom is 0.417 e. The third-order valence-electron chi connectivity index (χ3n) is 3.27. The molecule has 1 amide bonds. The molecule has 6 heteroatoms. The molecule has 1 atom stereocenters. The van der Waals surface area contributed by atoms with Crippen LogP contribution >= 0.6 is 0 Å². The summed E-state index contributed by atoms with van der Waals surface area (Å²) in [6.45, 7) is 3.51. The number of primary amides is 1. The average Bonchev–Trinajstić information content (AvgIpc) is 2.66. The summed E-state index contributed by atoms with van der Waals surface area (Å²) in [4.78, 5) is 24.9. The zero-order valence-corrected chi connectivity index (χ0v) is 10.9. The number of aromatic nitrogens is 1. The fourth-order valence-electron chi connectivity index (χ4n) is 1.96. The van der Waals surface area contributed by atoms with E-state index in [0.29, 0.717) is 17.5 Å². The number of nitrogens with two attached hydrogens (primary N) is 2. The van der Waals surface area contributed by atoms with Crippen molar-refractivity contribution in [2.45, 2.75) is 26.3 Å². The molecule has 0 aliphatic rings. The number of rotatable bonds is 4. The number of fused-ring (bicyclic) bond motifs is 1. The predicted octanol–water partition coefficient (Wildman–Crippen LogP) is 1.02. The van der Waals surface area contributed by atoms with E-state index in [1.54, 1.807) is 32.0 Å². The number of hydrogen-bond acceptors (Lipinski definition) is 4. The zero-order chi connectivity index (χ0) is 14.2. The van der Waals surface area contributed by atoms with Gasteiger partial charge in [-0.3, -0.25) is 9.78 Å². The molecule has 1 aromatic heterocycles. The summed E-state index contributed by atoms with van der Waals surface area (Å²) >= 11 is 0. The second kappa shape index (κ2) is 4.55. The van der Waals surface area contributed by atoms with Crippen molar-refractivity contribution in [1.82, 2.24) is 4.98 Å². The summed E-state index contributed by atoms with van der Waals surface area (Å²) in [6, 6.07) is 4.88. The fraction of sp³-hybridized carbons (Fsp3) is 0.385. The molecule has 0 fully saturated rings. The number of nitrogens with one attached hydrogen (secondary N) is 1. The van der Waals surface area contributed by atoms with Crippen molar-refractivity contribution in [2.24, 2.45) is 16.9 Å². The first-order valence-electron chi connectivity index (χ1n) is 5.98. The number of oxazole rings is 1.